The van der Waals surface area contributed by atoms with Gasteiger partial charge in [-0.15, -0.1) is 0 Å². The van der Waals surface area contributed by atoms with Crippen LogP contribution in [0.4, 0.5) is 17.5 Å². The molecule has 1 aromatic heterocycles. The fourth-order valence-electron chi connectivity index (χ4n) is 1.71. The van der Waals surface area contributed by atoms with Gasteiger partial charge in [0.2, 0.25) is 5.95 Å². The molecule has 6 heteroatoms. The molecule has 1 aromatic carbocycles. The third kappa shape index (κ3) is 3.81. The molecule has 0 aliphatic rings. The Morgan fingerprint density at radius 3 is 2.84 bits per heavy atom. The molecule has 100 valence electrons. The van der Waals surface area contributed by atoms with Gasteiger partial charge in [-0.05, 0) is 18.1 Å². The summed E-state index contributed by atoms with van der Waals surface area (Å²) in [5, 5.41) is 3.50. The maximum atomic E-state index is 5.85. The monoisotopic (exact) mass is 278 g/mol. The SMILES string of the molecule is COCCc1ccccc1Nc1cc(Cl)nc(N)n1. The Morgan fingerprint density at radius 2 is 2.11 bits per heavy atom. The summed E-state index contributed by atoms with van der Waals surface area (Å²) in [6.07, 6.45) is 0.813. The smallest absolute Gasteiger partial charge is 0.223 e. The van der Waals surface area contributed by atoms with Gasteiger partial charge in [0.05, 0.1) is 6.61 Å². The first kappa shape index (κ1) is 13.6. The summed E-state index contributed by atoms with van der Waals surface area (Å²) in [4.78, 5) is 7.91. The van der Waals surface area contributed by atoms with Crippen molar-refractivity contribution < 1.29 is 4.74 Å². The van der Waals surface area contributed by atoms with Crippen molar-refractivity contribution in [2.75, 3.05) is 24.8 Å². The molecule has 0 bridgehead atoms. The number of nitrogen functional groups attached to an aromatic ring is 1. The topological polar surface area (TPSA) is 73.1 Å². The van der Waals surface area contributed by atoms with Crippen molar-refractivity contribution in [1.82, 2.24) is 9.97 Å². The van der Waals surface area contributed by atoms with Crippen LogP contribution >= 0.6 is 11.6 Å². The maximum absolute atomic E-state index is 5.85. The van der Waals surface area contributed by atoms with Crippen molar-refractivity contribution in [3.05, 3.63) is 41.0 Å². The van der Waals surface area contributed by atoms with Crippen LogP contribution in [0.3, 0.4) is 0 Å². The Morgan fingerprint density at radius 1 is 1.32 bits per heavy atom. The van der Waals surface area contributed by atoms with E-state index in [1.165, 1.54) is 0 Å². The van der Waals surface area contributed by atoms with E-state index >= 15 is 0 Å². The van der Waals surface area contributed by atoms with E-state index in [4.69, 9.17) is 22.1 Å². The van der Waals surface area contributed by atoms with Gasteiger partial charge in [0.15, 0.2) is 0 Å². The van der Waals surface area contributed by atoms with Crippen LogP contribution in [0.2, 0.25) is 5.15 Å². The minimum atomic E-state index is 0.143. The minimum Gasteiger partial charge on any atom is -0.384 e. The van der Waals surface area contributed by atoms with Crippen molar-refractivity contribution in [2.24, 2.45) is 0 Å². The van der Waals surface area contributed by atoms with Crippen molar-refractivity contribution in [3.63, 3.8) is 0 Å². The summed E-state index contributed by atoms with van der Waals surface area (Å²) in [5.74, 6) is 0.715. The Hall–Kier alpha value is -1.85. The van der Waals surface area contributed by atoms with Gasteiger partial charge in [0.25, 0.3) is 0 Å². The maximum Gasteiger partial charge on any atom is 0.223 e. The summed E-state index contributed by atoms with van der Waals surface area (Å²) in [5.41, 5.74) is 7.65. The number of nitrogens with two attached hydrogens (primary N) is 1. The number of aromatic nitrogens is 2. The quantitative estimate of drug-likeness (QED) is 0.823. The molecule has 0 aliphatic heterocycles. The zero-order chi connectivity index (χ0) is 13.7. The molecule has 19 heavy (non-hydrogen) atoms. The number of nitrogens with one attached hydrogen (secondary N) is 1. The fraction of sp³-hybridized carbons (Fsp3) is 0.231. The molecular formula is C13H15ClN4O. The first-order valence-electron chi connectivity index (χ1n) is 5.83. The Balaban J connectivity index is 2.22. The number of para-hydroxylation sites is 1. The van der Waals surface area contributed by atoms with Crippen molar-refractivity contribution in [1.29, 1.82) is 0 Å². The van der Waals surface area contributed by atoms with E-state index in [9.17, 15) is 0 Å². The van der Waals surface area contributed by atoms with E-state index in [-0.39, 0.29) is 5.95 Å². The minimum absolute atomic E-state index is 0.143. The molecule has 0 fully saturated rings. The van der Waals surface area contributed by atoms with E-state index < -0.39 is 0 Å². The number of rotatable bonds is 5. The van der Waals surface area contributed by atoms with Crippen LogP contribution in [0, 0.1) is 0 Å². The highest BCUT2D eigenvalue weighted by molar-refractivity contribution is 6.29. The summed E-state index contributed by atoms with van der Waals surface area (Å²) in [6.45, 7) is 0.658. The summed E-state index contributed by atoms with van der Waals surface area (Å²) in [6, 6.07) is 9.57. The molecule has 0 atom stereocenters. The Kier molecular flexibility index (Phi) is 4.54. The van der Waals surface area contributed by atoms with Crippen LogP contribution < -0.4 is 11.1 Å². The molecule has 0 unspecified atom stereocenters. The summed E-state index contributed by atoms with van der Waals surface area (Å²) in [7, 11) is 1.68. The number of hydrogen-bond donors (Lipinski definition) is 2. The highest BCUT2D eigenvalue weighted by Gasteiger charge is 2.05. The molecule has 0 spiro atoms. The van der Waals surface area contributed by atoms with E-state index in [1.54, 1.807) is 13.2 Å². The van der Waals surface area contributed by atoms with Gasteiger partial charge in [-0.3, -0.25) is 0 Å². The average molecular weight is 279 g/mol. The van der Waals surface area contributed by atoms with E-state index in [0.717, 1.165) is 17.7 Å². The lowest BCUT2D eigenvalue weighted by molar-refractivity contribution is 0.202. The van der Waals surface area contributed by atoms with Crippen LogP contribution in [-0.4, -0.2) is 23.7 Å². The lowest BCUT2D eigenvalue weighted by atomic mass is 10.1. The highest BCUT2D eigenvalue weighted by Crippen LogP contribution is 2.22. The van der Waals surface area contributed by atoms with Gasteiger partial charge in [-0.2, -0.15) is 4.98 Å². The zero-order valence-corrected chi connectivity index (χ0v) is 11.3. The van der Waals surface area contributed by atoms with Crippen molar-refractivity contribution in [2.45, 2.75) is 6.42 Å². The molecule has 5 nitrogen and oxygen atoms in total. The number of anilines is 3. The van der Waals surface area contributed by atoms with E-state index in [0.29, 0.717) is 17.6 Å². The van der Waals surface area contributed by atoms with Crippen LogP contribution in [0.15, 0.2) is 30.3 Å². The predicted molar refractivity (Wildman–Crippen MR) is 76.8 cm³/mol. The molecule has 1 heterocycles. The molecular weight excluding hydrogens is 264 g/mol. The number of halogens is 1. The lowest BCUT2D eigenvalue weighted by Crippen LogP contribution is -2.03. The third-order valence-electron chi connectivity index (χ3n) is 2.57. The van der Waals surface area contributed by atoms with Crippen LogP contribution in [0.25, 0.3) is 0 Å². The Labute approximate surface area is 116 Å². The van der Waals surface area contributed by atoms with Crippen LogP contribution in [0.1, 0.15) is 5.56 Å². The Bertz CT molecular complexity index is 542. The molecule has 2 aromatic rings. The number of benzene rings is 1. The van der Waals surface area contributed by atoms with E-state index in [2.05, 4.69) is 15.3 Å². The van der Waals surface area contributed by atoms with Gasteiger partial charge in [0.1, 0.15) is 11.0 Å². The third-order valence-corrected chi connectivity index (χ3v) is 2.76. The number of hydrogen-bond acceptors (Lipinski definition) is 5. The van der Waals surface area contributed by atoms with Gasteiger partial charge in [-0.25, -0.2) is 4.98 Å². The van der Waals surface area contributed by atoms with Crippen molar-refractivity contribution in [3.8, 4) is 0 Å². The molecule has 0 amide bonds. The number of nitrogens with zero attached hydrogens (tertiary/aromatic N) is 2. The normalized spacial score (nSPS) is 10.4. The summed E-state index contributed by atoms with van der Waals surface area (Å²) < 4.78 is 5.09. The first-order chi connectivity index (χ1) is 9.19. The molecule has 0 saturated heterocycles. The average Bonchev–Trinajstić information content (AvgIpc) is 2.36. The van der Waals surface area contributed by atoms with Gasteiger partial charge in [0, 0.05) is 18.9 Å². The highest BCUT2D eigenvalue weighted by atomic mass is 35.5. The molecule has 2 rings (SSSR count). The fourth-order valence-corrected chi connectivity index (χ4v) is 1.90. The van der Waals surface area contributed by atoms with E-state index in [1.807, 2.05) is 24.3 Å². The zero-order valence-electron chi connectivity index (χ0n) is 10.6. The number of methoxy groups -OCH3 is 1. The van der Waals surface area contributed by atoms with Gasteiger partial charge in [-0.1, -0.05) is 29.8 Å². The molecule has 0 saturated carbocycles. The van der Waals surface area contributed by atoms with Crippen molar-refractivity contribution >= 4 is 29.1 Å². The first-order valence-corrected chi connectivity index (χ1v) is 6.21. The number of ether oxygens (including phenoxy) is 1. The molecule has 0 radical (unpaired) electrons. The van der Waals surface area contributed by atoms with Crippen LogP contribution in [0.5, 0.6) is 0 Å². The molecule has 0 aliphatic carbocycles. The largest absolute Gasteiger partial charge is 0.384 e. The second-order valence-electron chi connectivity index (χ2n) is 3.96. The van der Waals surface area contributed by atoms with Gasteiger partial charge >= 0.3 is 0 Å². The van der Waals surface area contributed by atoms with Gasteiger partial charge < -0.3 is 15.8 Å². The second kappa shape index (κ2) is 6.36. The lowest BCUT2D eigenvalue weighted by Gasteiger charge is -2.11. The molecule has 3 N–H and O–H groups in total. The summed E-state index contributed by atoms with van der Waals surface area (Å²) >= 11 is 5.85. The van der Waals surface area contributed by atoms with Crippen LogP contribution in [-0.2, 0) is 11.2 Å². The standard InChI is InChI=1S/C13H15ClN4O/c1-19-7-6-9-4-2-3-5-10(9)16-12-8-11(14)17-13(15)18-12/h2-5,8H,6-7H2,1H3,(H3,15,16,17,18). The predicted octanol–water partition coefficient (Wildman–Crippen LogP) is 2.64. The second-order valence-corrected chi connectivity index (χ2v) is 4.35.